The predicted octanol–water partition coefficient (Wildman–Crippen LogP) is 3.15. The van der Waals surface area contributed by atoms with Crippen molar-refractivity contribution in [3.63, 3.8) is 0 Å². The van der Waals surface area contributed by atoms with E-state index in [2.05, 4.69) is 4.90 Å². The van der Waals surface area contributed by atoms with Gasteiger partial charge in [-0.3, -0.25) is 10.1 Å². The molecule has 10 heteroatoms. The highest BCUT2D eigenvalue weighted by Gasteiger charge is 2.31. The van der Waals surface area contributed by atoms with Crippen LogP contribution in [0.5, 0.6) is 0 Å². The van der Waals surface area contributed by atoms with E-state index in [1.165, 1.54) is 19.1 Å². The molecule has 0 radical (unpaired) electrons. The Morgan fingerprint density at radius 3 is 2.07 bits per heavy atom. The molecule has 0 aliphatic carbocycles. The number of rotatable bonds is 3. The Labute approximate surface area is 168 Å². The van der Waals surface area contributed by atoms with Gasteiger partial charge in [0, 0.05) is 51.8 Å². The van der Waals surface area contributed by atoms with Crippen molar-refractivity contribution in [1.82, 2.24) is 0 Å². The van der Waals surface area contributed by atoms with Crippen LogP contribution in [0, 0.1) is 35.0 Å². The maximum atomic E-state index is 13.0. The zero-order valence-corrected chi connectivity index (χ0v) is 16.6. The fourth-order valence-electron chi connectivity index (χ4n) is 3.20. The molecule has 148 valence electrons. The summed E-state index contributed by atoms with van der Waals surface area (Å²) < 4.78 is 13.6. The van der Waals surface area contributed by atoms with Crippen LogP contribution in [0.15, 0.2) is 30.3 Å². The maximum Gasteiger partial charge on any atom is 0.359 e. The second kappa shape index (κ2) is 9.05. The minimum Gasteiger partial charge on any atom is -0.618 e. The standard InChI is InChI=1S/C17H19FN4O3.2ClH/c1-12-11-16(17(22(24)25)13(2)21(12)23)20-9-7-19(8-10-20)15-5-3-14(18)4-6-15;;/h3-6,11H,7-10H2,1-2H3;2*1H. The Kier molecular flexibility index (Phi) is 7.62. The van der Waals surface area contributed by atoms with Gasteiger partial charge in [-0.25, -0.2) is 4.39 Å². The van der Waals surface area contributed by atoms with E-state index >= 15 is 0 Å². The van der Waals surface area contributed by atoms with Gasteiger partial charge in [-0.15, -0.1) is 24.8 Å². The smallest absolute Gasteiger partial charge is 0.359 e. The SMILES string of the molecule is Cc1cc(N2CCN(c3ccc(F)cc3)CC2)c([N+](=O)[O-])c(C)[n+]1[O-].Cl.Cl. The van der Waals surface area contributed by atoms with Crippen molar-refractivity contribution in [2.24, 2.45) is 0 Å². The van der Waals surface area contributed by atoms with Crippen LogP contribution in [-0.4, -0.2) is 31.1 Å². The van der Waals surface area contributed by atoms with E-state index in [0.29, 0.717) is 42.3 Å². The third-order valence-electron chi connectivity index (χ3n) is 4.55. The molecule has 1 aromatic carbocycles. The van der Waals surface area contributed by atoms with Crippen LogP contribution in [0.2, 0.25) is 0 Å². The first-order valence-corrected chi connectivity index (χ1v) is 8.02. The number of nitro groups is 1. The summed E-state index contributed by atoms with van der Waals surface area (Å²) in [6.45, 7) is 5.60. The lowest BCUT2D eigenvalue weighted by Gasteiger charge is -2.37. The molecular weight excluding hydrogens is 398 g/mol. The molecule has 1 fully saturated rings. The predicted molar refractivity (Wildman–Crippen MR) is 107 cm³/mol. The molecule has 0 saturated carbocycles. The Morgan fingerprint density at radius 1 is 1.04 bits per heavy atom. The number of aromatic nitrogens is 1. The van der Waals surface area contributed by atoms with E-state index in [4.69, 9.17) is 0 Å². The lowest BCUT2D eigenvalue weighted by molar-refractivity contribution is -0.623. The first-order valence-electron chi connectivity index (χ1n) is 8.02. The molecule has 1 saturated heterocycles. The Balaban J connectivity index is 0.00000182. The molecule has 2 aromatic rings. The maximum absolute atomic E-state index is 13.0. The van der Waals surface area contributed by atoms with Crippen LogP contribution in [0.4, 0.5) is 21.5 Å². The molecule has 27 heavy (non-hydrogen) atoms. The molecular formula is C17H21Cl2FN4O3. The van der Waals surface area contributed by atoms with Gasteiger partial charge in [0.05, 0.1) is 4.92 Å². The zero-order chi connectivity index (χ0) is 18.1. The van der Waals surface area contributed by atoms with Gasteiger partial charge >= 0.3 is 5.69 Å². The second-order valence-electron chi connectivity index (χ2n) is 6.11. The van der Waals surface area contributed by atoms with Crippen LogP contribution < -0.4 is 14.5 Å². The number of anilines is 2. The number of benzene rings is 1. The molecule has 7 nitrogen and oxygen atoms in total. The van der Waals surface area contributed by atoms with Crippen LogP contribution in [0.25, 0.3) is 0 Å². The lowest BCUT2D eigenvalue weighted by atomic mass is 10.1. The van der Waals surface area contributed by atoms with E-state index < -0.39 is 4.92 Å². The van der Waals surface area contributed by atoms with Gasteiger partial charge in [0.1, 0.15) is 11.5 Å². The number of nitrogens with zero attached hydrogens (tertiary/aromatic N) is 4. The van der Waals surface area contributed by atoms with E-state index in [9.17, 15) is 19.7 Å². The van der Waals surface area contributed by atoms with E-state index in [0.717, 1.165) is 5.69 Å². The molecule has 0 atom stereocenters. The summed E-state index contributed by atoms with van der Waals surface area (Å²) >= 11 is 0. The second-order valence-corrected chi connectivity index (χ2v) is 6.11. The quantitative estimate of drug-likeness (QED) is 0.331. The van der Waals surface area contributed by atoms with Crippen molar-refractivity contribution in [2.75, 3.05) is 36.0 Å². The summed E-state index contributed by atoms with van der Waals surface area (Å²) in [6, 6.07) is 7.87. The van der Waals surface area contributed by atoms with Gasteiger partial charge in [-0.1, -0.05) is 0 Å². The topological polar surface area (TPSA) is 76.6 Å². The normalized spacial score (nSPS) is 13.6. The summed E-state index contributed by atoms with van der Waals surface area (Å²) in [4.78, 5) is 15.0. The Bertz CT molecular complexity index is 813. The van der Waals surface area contributed by atoms with Crippen LogP contribution in [0.1, 0.15) is 11.4 Å². The van der Waals surface area contributed by atoms with Crippen molar-refractivity contribution >= 4 is 41.9 Å². The van der Waals surface area contributed by atoms with Gasteiger partial charge in [0.25, 0.3) is 5.69 Å². The third kappa shape index (κ3) is 4.51. The van der Waals surface area contributed by atoms with Crippen molar-refractivity contribution in [3.05, 3.63) is 62.9 Å². The number of hydrogen-bond acceptors (Lipinski definition) is 5. The summed E-state index contributed by atoms with van der Waals surface area (Å²) in [5.74, 6) is -0.279. The number of halogens is 3. The van der Waals surface area contributed by atoms with Crippen molar-refractivity contribution < 1.29 is 14.0 Å². The average Bonchev–Trinajstić information content (AvgIpc) is 2.60. The van der Waals surface area contributed by atoms with Crippen molar-refractivity contribution in [3.8, 4) is 0 Å². The average molecular weight is 419 g/mol. The monoisotopic (exact) mass is 418 g/mol. The zero-order valence-electron chi connectivity index (χ0n) is 14.9. The Morgan fingerprint density at radius 2 is 1.56 bits per heavy atom. The highest BCUT2D eigenvalue weighted by Crippen LogP contribution is 2.31. The highest BCUT2D eigenvalue weighted by atomic mass is 35.5. The van der Waals surface area contributed by atoms with E-state index in [1.807, 2.05) is 4.90 Å². The number of piperazine rings is 1. The van der Waals surface area contributed by atoms with Gasteiger partial charge in [0.2, 0.25) is 0 Å². The fraction of sp³-hybridized carbons (Fsp3) is 0.353. The van der Waals surface area contributed by atoms with E-state index in [1.54, 1.807) is 25.1 Å². The highest BCUT2D eigenvalue weighted by molar-refractivity contribution is 5.85. The molecule has 0 spiro atoms. The molecule has 0 unspecified atom stereocenters. The third-order valence-corrected chi connectivity index (χ3v) is 4.55. The van der Waals surface area contributed by atoms with Crippen LogP contribution in [0.3, 0.4) is 0 Å². The summed E-state index contributed by atoms with van der Waals surface area (Å²) in [7, 11) is 0. The first-order chi connectivity index (χ1) is 11.9. The number of aryl methyl sites for hydroxylation is 1. The van der Waals surface area contributed by atoms with Gasteiger partial charge in [0.15, 0.2) is 5.69 Å². The molecule has 0 N–H and O–H groups in total. The van der Waals surface area contributed by atoms with E-state index in [-0.39, 0.29) is 42.0 Å². The molecule has 1 aromatic heterocycles. The first kappa shape index (κ1) is 22.7. The fourth-order valence-corrected chi connectivity index (χ4v) is 3.20. The minimum atomic E-state index is -0.495. The molecule has 3 rings (SSSR count). The molecule has 2 heterocycles. The largest absolute Gasteiger partial charge is 0.618 e. The van der Waals surface area contributed by atoms with Crippen molar-refractivity contribution in [2.45, 2.75) is 13.8 Å². The Hall–Kier alpha value is -2.32. The summed E-state index contributed by atoms with van der Waals surface area (Å²) in [6.07, 6.45) is 0. The molecule has 0 amide bonds. The van der Waals surface area contributed by atoms with Crippen molar-refractivity contribution in [1.29, 1.82) is 0 Å². The van der Waals surface area contributed by atoms with Gasteiger partial charge < -0.3 is 15.0 Å². The van der Waals surface area contributed by atoms with Crippen LogP contribution >= 0.6 is 24.8 Å². The lowest BCUT2D eigenvalue weighted by Crippen LogP contribution is -2.47. The van der Waals surface area contributed by atoms with Gasteiger partial charge in [-0.2, -0.15) is 4.73 Å². The molecule has 1 aliphatic rings. The van der Waals surface area contributed by atoms with Gasteiger partial charge in [-0.05, 0) is 24.3 Å². The summed E-state index contributed by atoms with van der Waals surface area (Å²) in [5.41, 5.74) is 1.79. The number of pyridine rings is 1. The van der Waals surface area contributed by atoms with Crippen LogP contribution in [-0.2, 0) is 0 Å². The minimum absolute atomic E-state index is 0. The summed E-state index contributed by atoms with van der Waals surface area (Å²) in [5, 5.41) is 23.4. The number of hydrogen-bond donors (Lipinski definition) is 0. The molecule has 1 aliphatic heterocycles. The molecule has 0 bridgehead atoms.